The Labute approximate surface area is 140 Å². The van der Waals surface area contributed by atoms with Gasteiger partial charge >= 0.3 is 0 Å². The molecule has 0 atom stereocenters. The van der Waals surface area contributed by atoms with Crippen LogP contribution in [0.25, 0.3) is 10.8 Å². The molecular formula is C20H17N3O. The fourth-order valence-corrected chi connectivity index (χ4v) is 2.73. The van der Waals surface area contributed by atoms with E-state index in [2.05, 4.69) is 40.6 Å². The molecule has 0 amide bonds. The van der Waals surface area contributed by atoms with E-state index in [4.69, 9.17) is 4.74 Å². The molecule has 0 N–H and O–H groups in total. The lowest BCUT2D eigenvalue weighted by molar-refractivity contribution is 0.305. The molecule has 118 valence electrons. The quantitative estimate of drug-likeness (QED) is 0.557. The molecule has 0 saturated heterocycles. The van der Waals surface area contributed by atoms with Crippen molar-refractivity contribution in [1.29, 1.82) is 0 Å². The van der Waals surface area contributed by atoms with Crippen molar-refractivity contribution in [2.24, 2.45) is 0 Å². The van der Waals surface area contributed by atoms with Crippen LogP contribution >= 0.6 is 0 Å². The van der Waals surface area contributed by atoms with Crippen molar-refractivity contribution in [3.05, 3.63) is 90.3 Å². The molecule has 4 rings (SSSR count). The lowest BCUT2D eigenvalue weighted by Crippen LogP contribution is -2.00. The zero-order chi connectivity index (χ0) is 16.2. The summed E-state index contributed by atoms with van der Waals surface area (Å²) in [5.41, 5.74) is 2.02. The molecular weight excluding hydrogens is 298 g/mol. The van der Waals surface area contributed by atoms with E-state index in [0.717, 1.165) is 16.8 Å². The third-order valence-electron chi connectivity index (χ3n) is 3.90. The van der Waals surface area contributed by atoms with Crippen LogP contribution in [0.4, 0.5) is 0 Å². The first kappa shape index (κ1) is 14.5. The van der Waals surface area contributed by atoms with Crippen LogP contribution in [0.1, 0.15) is 11.3 Å². The number of hydrogen-bond donors (Lipinski definition) is 0. The number of rotatable bonds is 5. The fraction of sp³-hybridized carbons (Fsp3) is 0.100. The molecule has 0 bridgehead atoms. The van der Waals surface area contributed by atoms with Gasteiger partial charge in [0.05, 0.1) is 12.7 Å². The second kappa shape index (κ2) is 6.54. The van der Waals surface area contributed by atoms with Gasteiger partial charge in [-0.1, -0.05) is 71.9 Å². The second-order valence-electron chi connectivity index (χ2n) is 5.66. The molecule has 1 aromatic heterocycles. The van der Waals surface area contributed by atoms with Gasteiger partial charge in [-0.05, 0) is 17.0 Å². The summed E-state index contributed by atoms with van der Waals surface area (Å²) in [6, 6.07) is 24.5. The molecule has 4 nitrogen and oxygen atoms in total. The summed E-state index contributed by atoms with van der Waals surface area (Å²) in [7, 11) is 0. The van der Waals surface area contributed by atoms with Crippen LogP contribution in [-0.4, -0.2) is 15.0 Å². The Kier molecular flexibility index (Phi) is 3.94. The van der Waals surface area contributed by atoms with E-state index >= 15 is 0 Å². The van der Waals surface area contributed by atoms with Gasteiger partial charge in [0.25, 0.3) is 0 Å². The van der Waals surface area contributed by atoms with Crippen LogP contribution in [0.3, 0.4) is 0 Å². The maximum atomic E-state index is 5.95. The van der Waals surface area contributed by atoms with E-state index < -0.39 is 0 Å². The summed E-state index contributed by atoms with van der Waals surface area (Å²) in [4.78, 5) is 0. The highest BCUT2D eigenvalue weighted by Crippen LogP contribution is 2.25. The Morgan fingerprint density at radius 2 is 1.62 bits per heavy atom. The minimum absolute atomic E-state index is 0.406. The number of ether oxygens (including phenoxy) is 1. The third kappa shape index (κ3) is 3.13. The van der Waals surface area contributed by atoms with Crippen molar-refractivity contribution in [2.75, 3.05) is 0 Å². The number of hydrogen-bond acceptors (Lipinski definition) is 3. The zero-order valence-electron chi connectivity index (χ0n) is 13.2. The van der Waals surface area contributed by atoms with Crippen molar-refractivity contribution in [1.82, 2.24) is 15.0 Å². The van der Waals surface area contributed by atoms with Gasteiger partial charge in [0.2, 0.25) is 0 Å². The zero-order valence-corrected chi connectivity index (χ0v) is 13.2. The average Bonchev–Trinajstić information content (AvgIpc) is 3.08. The smallest absolute Gasteiger partial charge is 0.134 e. The Balaban J connectivity index is 1.46. The summed E-state index contributed by atoms with van der Waals surface area (Å²) >= 11 is 0. The second-order valence-corrected chi connectivity index (χ2v) is 5.66. The highest BCUT2D eigenvalue weighted by molar-refractivity contribution is 5.88. The van der Waals surface area contributed by atoms with Gasteiger partial charge in [-0.3, -0.25) is 0 Å². The summed E-state index contributed by atoms with van der Waals surface area (Å²) in [5, 5.41) is 10.6. The molecule has 24 heavy (non-hydrogen) atoms. The summed E-state index contributed by atoms with van der Waals surface area (Å²) in [5.74, 6) is 0.866. The Morgan fingerprint density at radius 1 is 0.833 bits per heavy atom. The highest BCUT2D eigenvalue weighted by atomic mass is 16.5. The van der Waals surface area contributed by atoms with Crippen LogP contribution in [-0.2, 0) is 13.2 Å². The van der Waals surface area contributed by atoms with Crippen LogP contribution in [0.15, 0.2) is 79.0 Å². The third-order valence-corrected chi connectivity index (χ3v) is 3.90. The summed E-state index contributed by atoms with van der Waals surface area (Å²) in [6.07, 6.45) is 1.93. The van der Waals surface area contributed by atoms with E-state index in [1.165, 1.54) is 10.9 Å². The Hall–Kier alpha value is -3.14. The van der Waals surface area contributed by atoms with E-state index in [1.807, 2.05) is 53.3 Å². The largest absolute Gasteiger partial charge is 0.487 e. The summed E-state index contributed by atoms with van der Waals surface area (Å²) < 4.78 is 7.78. The molecule has 1 heterocycles. The average molecular weight is 315 g/mol. The highest BCUT2D eigenvalue weighted by Gasteiger charge is 2.05. The van der Waals surface area contributed by atoms with E-state index in [9.17, 15) is 0 Å². The minimum atomic E-state index is 0.406. The SMILES string of the molecule is c1ccc(Cn2cc(COc3cccc4ccccc34)nn2)cc1. The molecule has 3 aromatic carbocycles. The van der Waals surface area contributed by atoms with Crippen LogP contribution in [0.5, 0.6) is 5.75 Å². The monoisotopic (exact) mass is 315 g/mol. The summed E-state index contributed by atoms with van der Waals surface area (Å²) in [6.45, 7) is 1.12. The number of aromatic nitrogens is 3. The van der Waals surface area contributed by atoms with Gasteiger partial charge in [-0.2, -0.15) is 0 Å². The first-order valence-corrected chi connectivity index (χ1v) is 7.92. The van der Waals surface area contributed by atoms with Gasteiger partial charge in [0.15, 0.2) is 0 Å². The number of nitrogens with zero attached hydrogens (tertiary/aromatic N) is 3. The molecule has 0 fully saturated rings. The molecule has 0 saturated carbocycles. The molecule has 0 radical (unpaired) electrons. The van der Waals surface area contributed by atoms with Gasteiger partial charge in [0.1, 0.15) is 18.1 Å². The Morgan fingerprint density at radius 3 is 2.54 bits per heavy atom. The van der Waals surface area contributed by atoms with Gasteiger partial charge in [0, 0.05) is 5.39 Å². The molecule has 0 aliphatic rings. The topological polar surface area (TPSA) is 39.9 Å². The molecule has 0 aliphatic heterocycles. The predicted molar refractivity (Wildman–Crippen MR) is 93.8 cm³/mol. The first-order valence-electron chi connectivity index (χ1n) is 7.92. The first-order chi connectivity index (χ1) is 11.9. The van der Waals surface area contributed by atoms with Gasteiger partial charge in [-0.25, -0.2) is 4.68 Å². The maximum Gasteiger partial charge on any atom is 0.134 e. The minimum Gasteiger partial charge on any atom is -0.487 e. The van der Waals surface area contributed by atoms with Crippen molar-refractivity contribution in [3.8, 4) is 5.75 Å². The number of fused-ring (bicyclic) bond motifs is 1. The van der Waals surface area contributed by atoms with E-state index in [0.29, 0.717) is 13.2 Å². The molecule has 4 aromatic rings. The van der Waals surface area contributed by atoms with Crippen molar-refractivity contribution in [3.63, 3.8) is 0 Å². The fourth-order valence-electron chi connectivity index (χ4n) is 2.73. The van der Waals surface area contributed by atoms with Crippen molar-refractivity contribution in [2.45, 2.75) is 13.2 Å². The predicted octanol–water partition coefficient (Wildman–Crippen LogP) is 4.06. The van der Waals surface area contributed by atoms with Crippen LogP contribution in [0.2, 0.25) is 0 Å². The van der Waals surface area contributed by atoms with Gasteiger partial charge in [-0.15, -0.1) is 5.10 Å². The Bertz CT molecular complexity index is 942. The normalized spacial score (nSPS) is 10.8. The lowest BCUT2D eigenvalue weighted by atomic mass is 10.1. The molecule has 4 heteroatoms. The van der Waals surface area contributed by atoms with Crippen molar-refractivity contribution < 1.29 is 4.74 Å². The van der Waals surface area contributed by atoms with Gasteiger partial charge < -0.3 is 4.74 Å². The van der Waals surface area contributed by atoms with Crippen molar-refractivity contribution >= 4 is 10.8 Å². The van der Waals surface area contributed by atoms with Crippen LogP contribution < -0.4 is 4.74 Å². The standard InChI is InChI=1S/C20H17N3O/c1-2-7-16(8-3-1)13-23-14-18(21-22-23)15-24-20-12-6-10-17-9-4-5-11-19(17)20/h1-12,14H,13,15H2. The molecule has 0 aliphatic carbocycles. The lowest BCUT2D eigenvalue weighted by Gasteiger charge is -2.07. The number of benzene rings is 3. The van der Waals surface area contributed by atoms with Crippen LogP contribution in [0, 0.1) is 0 Å². The van der Waals surface area contributed by atoms with E-state index in [1.54, 1.807) is 0 Å². The maximum absolute atomic E-state index is 5.95. The van der Waals surface area contributed by atoms with E-state index in [-0.39, 0.29) is 0 Å². The molecule has 0 spiro atoms. The molecule has 0 unspecified atom stereocenters.